The number of carbonyl (C=O) groups is 1. The Balaban J connectivity index is 2.12. The Bertz CT molecular complexity index is 744. The third-order valence-electron chi connectivity index (χ3n) is 3.21. The van der Waals surface area contributed by atoms with Crippen LogP contribution in [0.25, 0.3) is 16.8 Å². The predicted octanol–water partition coefficient (Wildman–Crippen LogP) is 3.84. The molecule has 2 aromatic carbocycles. The van der Waals surface area contributed by atoms with Crippen molar-refractivity contribution in [1.29, 1.82) is 0 Å². The molecule has 0 amide bonds. The summed E-state index contributed by atoms with van der Waals surface area (Å²) in [4.78, 5) is 11.0. The van der Waals surface area contributed by atoms with Gasteiger partial charge in [-0.05, 0) is 17.7 Å². The summed E-state index contributed by atoms with van der Waals surface area (Å²) in [6.45, 7) is 0. The zero-order valence-electron chi connectivity index (χ0n) is 10.7. The molecule has 98 valence electrons. The van der Waals surface area contributed by atoms with Crippen LogP contribution in [0.4, 0.5) is 0 Å². The highest BCUT2D eigenvalue weighted by Gasteiger charge is 2.09. The van der Waals surface area contributed by atoms with Crippen molar-refractivity contribution in [2.24, 2.45) is 0 Å². The maximum Gasteiger partial charge on any atom is 0.337 e. The van der Waals surface area contributed by atoms with Crippen molar-refractivity contribution >= 4 is 5.97 Å². The number of rotatable bonds is 3. The van der Waals surface area contributed by atoms with E-state index in [1.807, 2.05) is 59.2 Å². The molecule has 0 aliphatic carbocycles. The van der Waals surface area contributed by atoms with Gasteiger partial charge in [-0.25, -0.2) is 4.79 Å². The second-order valence-electron chi connectivity index (χ2n) is 4.50. The molecule has 1 heterocycles. The zero-order valence-corrected chi connectivity index (χ0v) is 10.7. The van der Waals surface area contributed by atoms with Crippen molar-refractivity contribution in [2.45, 2.75) is 0 Å². The van der Waals surface area contributed by atoms with Gasteiger partial charge in [0.2, 0.25) is 0 Å². The quantitative estimate of drug-likeness (QED) is 0.780. The predicted molar refractivity (Wildman–Crippen MR) is 78.2 cm³/mol. The van der Waals surface area contributed by atoms with Crippen LogP contribution in [0.15, 0.2) is 73.1 Å². The van der Waals surface area contributed by atoms with E-state index in [0.717, 1.165) is 16.8 Å². The Kier molecular flexibility index (Phi) is 3.09. The summed E-state index contributed by atoms with van der Waals surface area (Å²) in [7, 11) is 0. The van der Waals surface area contributed by atoms with Gasteiger partial charge in [-0.3, -0.25) is 0 Å². The van der Waals surface area contributed by atoms with Crippen LogP contribution in [0.3, 0.4) is 0 Å². The number of carboxylic acids is 1. The van der Waals surface area contributed by atoms with Crippen molar-refractivity contribution in [2.75, 3.05) is 0 Å². The molecule has 0 atom stereocenters. The number of benzene rings is 2. The van der Waals surface area contributed by atoms with E-state index in [9.17, 15) is 4.79 Å². The minimum absolute atomic E-state index is 0.285. The number of carboxylic acid groups (broad SMARTS) is 1. The molecule has 0 radical (unpaired) electrons. The summed E-state index contributed by atoms with van der Waals surface area (Å²) >= 11 is 0. The van der Waals surface area contributed by atoms with Gasteiger partial charge in [0.15, 0.2) is 0 Å². The second-order valence-corrected chi connectivity index (χ2v) is 4.50. The van der Waals surface area contributed by atoms with Crippen LogP contribution < -0.4 is 0 Å². The van der Waals surface area contributed by atoms with Gasteiger partial charge in [-0.15, -0.1) is 0 Å². The molecule has 0 unspecified atom stereocenters. The molecule has 0 bridgehead atoms. The lowest BCUT2D eigenvalue weighted by Gasteiger charge is -2.10. The lowest BCUT2D eigenvalue weighted by atomic mass is 10.0. The largest absolute Gasteiger partial charge is 0.478 e. The van der Waals surface area contributed by atoms with Crippen molar-refractivity contribution in [3.63, 3.8) is 0 Å². The molecule has 0 fully saturated rings. The molecule has 0 saturated carbocycles. The van der Waals surface area contributed by atoms with Gasteiger partial charge in [0, 0.05) is 18.0 Å². The van der Waals surface area contributed by atoms with E-state index < -0.39 is 5.97 Å². The molecule has 0 spiro atoms. The van der Waals surface area contributed by atoms with Crippen molar-refractivity contribution in [3.8, 4) is 16.8 Å². The zero-order chi connectivity index (χ0) is 13.9. The highest BCUT2D eigenvalue weighted by molar-refractivity contribution is 5.87. The fourth-order valence-electron chi connectivity index (χ4n) is 2.23. The normalized spacial score (nSPS) is 10.4. The summed E-state index contributed by atoms with van der Waals surface area (Å²) in [6, 6.07) is 19.6. The topological polar surface area (TPSA) is 42.2 Å². The van der Waals surface area contributed by atoms with E-state index in [1.165, 1.54) is 0 Å². The van der Waals surface area contributed by atoms with Crippen LogP contribution in [-0.2, 0) is 0 Å². The molecule has 3 rings (SSSR count). The van der Waals surface area contributed by atoms with E-state index in [-0.39, 0.29) is 5.56 Å². The highest BCUT2D eigenvalue weighted by atomic mass is 16.4. The smallest absolute Gasteiger partial charge is 0.337 e. The van der Waals surface area contributed by atoms with Crippen LogP contribution in [0.2, 0.25) is 0 Å². The molecule has 0 aliphatic rings. The molecule has 3 aromatic rings. The standard InChI is InChI=1S/C17H13NO2/c19-17(20)14-10-11-18(12-14)16-9-5-4-8-15(16)13-6-2-1-3-7-13/h1-12H,(H,19,20). The van der Waals surface area contributed by atoms with Crippen LogP contribution >= 0.6 is 0 Å². The first-order valence-corrected chi connectivity index (χ1v) is 6.32. The lowest BCUT2D eigenvalue weighted by Crippen LogP contribution is -1.96. The average Bonchev–Trinajstić information content (AvgIpc) is 2.98. The van der Waals surface area contributed by atoms with Gasteiger partial charge >= 0.3 is 5.97 Å². The molecule has 20 heavy (non-hydrogen) atoms. The Labute approximate surface area is 116 Å². The van der Waals surface area contributed by atoms with Crippen LogP contribution in [0.1, 0.15) is 10.4 Å². The first-order chi connectivity index (χ1) is 9.75. The molecule has 1 N–H and O–H groups in total. The van der Waals surface area contributed by atoms with E-state index in [1.54, 1.807) is 18.5 Å². The molecule has 0 saturated heterocycles. The molecule has 0 aliphatic heterocycles. The average molecular weight is 263 g/mol. The summed E-state index contributed by atoms with van der Waals surface area (Å²) in [5, 5.41) is 9.02. The summed E-state index contributed by atoms with van der Waals surface area (Å²) in [6.07, 6.45) is 3.40. The van der Waals surface area contributed by atoms with Crippen LogP contribution in [-0.4, -0.2) is 15.6 Å². The second kappa shape index (κ2) is 5.05. The first kappa shape index (κ1) is 12.2. The monoisotopic (exact) mass is 263 g/mol. The highest BCUT2D eigenvalue weighted by Crippen LogP contribution is 2.26. The maximum absolute atomic E-state index is 11.0. The van der Waals surface area contributed by atoms with Gasteiger partial charge in [-0.2, -0.15) is 0 Å². The maximum atomic E-state index is 11.0. The number of hydrogen-bond acceptors (Lipinski definition) is 1. The summed E-state index contributed by atoms with van der Waals surface area (Å²) < 4.78 is 1.84. The third kappa shape index (κ3) is 2.21. The SMILES string of the molecule is O=C(O)c1ccn(-c2ccccc2-c2ccccc2)c1. The lowest BCUT2D eigenvalue weighted by molar-refractivity contribution is 0.0697. The number of aromatic nitrogens is 1. The first-order valence-electron chi connectivity index (χ1n) is 6.32. The molecule has 1 aromatic heterocycles. The van der Waals surface area contributed by atoms with E-state index in [2.05, 4.69) is 0 Å². The molecular formula is C17H13NO2. The fraction of sp³-hybridized carbons (Fsp3) is 0. The third-order valence-corrected chi connectivity index (χ3v) is 3.21. The minimum Gasteiger partial charge on any atom is -0.478 e. The minimum atomic E-state index is -0.916. The number of para-hydroxylation sites is 1. The van der Waals surface area contributed by atoms with Crippen molar-refractivity contribution < 1.29 is 9.90 Å². The molecule has 3 heteroatoms. The van der Waals surface area contributed by atoms with Crippen molar-refractivity contribution in [1.82, 2.24) is 4.57 Å². The van der Waals surface area contributed by atoms with Crippen LogP contribution in [0.5, 0.6) is 0 Å². The molecule has 3 nitrogen and oxygen atoms in total. The fourth-order valence-corrected chi connectivity index (χ4v) is 2.23. The van der Waals surface area contributed by atoms with Crippen LogP contribution in [0, 0.1) is 0 Å². The Morgan fingerprint density at radius 3 is 2.30 bits per heavy atom. The Morgan fingerprint density at radius 2 is 1.60 bits per heavy atom. The van der Waals surface area contributed by atoms with Gasteiger partial charge < -0.3 is 9.67 Å². The van der Waals surface area contributed by atoms with Gasteiger partial charge in [0.05, 0.1) is 11.3 Å². The summed E-state index contributed by atoms with van der Waals surface area (Å²) in [5.41, 5.74) is 3.42. The van der Waals surface area contributed by atoms with Gasteiger partial charge in [0.25, 0.3) is 0 Å². The summed E-state index contributed by atoms with van der Waals surface area (Å²) in [5.74, 6) is -0.916. The van der Waals surface area contributed by atoms with Gasteiger partial charge in [-0.1, -0.05) is 48.5 Å². The number of hydrogen-bond donors (Lipinski definition) is 1. The van der Waals surface area contributed by atoms with E-state index in [4.69, 9.17) is 5.11 Å². The number of aromatic carboxylic acids is 1. The van der Waals surface area contributed by atoms with Crippen molar-refractivity contribution in [3.05, 3.63) is 78.6 Å². The Morgan fingerprint density at radius 1 is 0.900 bits per heavy atom. The van der Waals surface area contributed by atoms with E-state index in [0.29, 0.717) is 0 Å². The van der Waals surface area contributed by atoms with E-state index >= 15 is 0 Å². The molecular weight excluding hydrogens is 250 g/mol. The number of nitrogens with zero attached hydrogens (tertiary/aromatic N) is 1. The Hall–Kier alpha value is -2.81. The van der Waals surface area contributed by atoms with Gasteiger partial charge in [0.1, 0.15) is 0 Å².